The topological polar surface area (TPSA) is 50.4 Å². The molecule has 0 aliphatic heterocycles. The molecule has 3 nitrogen and oxygen atoms in total. The van der Waals surface area contributed by atoms with Crippen LogP contribution in [0.2, 0.25) is 0 Å². The van der Waals surface area contributed by atoms with Crippen molar-refractivity contribution >= 4 is 16.9 Å². The lowest BCUT2D eigenvalue weighted by Gasteiger charge is -1.96. The Morgan fingerprint density at radius 2 is 1.84 bits per heavy atom. The van der Waals surface area contributed by atoms with Gasteiger partial charge >= 0.3 is 5.97 Å². The Kier molecular flexibility index (Phi) is 2.80. The third-order valence-corrected chi connectivity index (χ3v) is 3.04. The number of hydrogen-bond donors (Lipinski definition) is 1. The molecule has 0 saturated heterocycles. The summed E-state index contributed by atoms with van der Waals surface area (Å²) in [6.45, 7) is 0. The van der Waals surface area contributed by atoms with E-state index in [1.54, 1.807) is 18.2 Å². The molecule has 0 spiro atoms. The highest BCUT2D eigenvalue weighted by atomic mass is 16.4. The molecule has 1 aromatic heterocycles. The quantitative estimate of drug-likeness (QED) is 0.772. The summed E-state index contributed by atoms with van der Waals surface area (Å²) in [4.78, 5) is 10.9. The summed E-state index contributed by atoms with van der Waals surface area (Å²) < 4.78 is 5.70. The molecule has 0 atom stereocenters. The summed E-state index contributed by atoms with van der Waals surface area (Å²) in [5.74, 6) is -0.105. The fourth-order valence-electron chi connectivity index (χ4n) is 2.10. The van der Waals surface area contributed by atoms with E-state index >= 15 is 0 Å². The molecule has 0 unspecified atom stereocenters. The Morgan fingerprint density at radius 1 is 1.05 bits per heavy atom. The highest BCUT2D eigenvalue weighted by Crippen LogP contribution is 2.22. The van der Waals surface area contributed by atoms with Gasteiger partial charge in [-0.05, 0) is 23.8 Å². The van der Waals surface area contributed by atoms with Crippen molar-refractivity contribution < 1.29 is 14.3 Å². The minimum Gasteiger partial charge on any atom is -0.478 e. The van der Waals surface area contributed by atoms with Crippen molar-refractivity contribution in [2.45, 2.75) is 6.42 Å². The molecule has 0 aliphatic carbocycles. The first kappa shape index (κ1) is 11.5. The van der Waals surface area contributed by atoms with Gasteiger partial charge in [0.1, 0.15) is 11.3 Å². The molecular weight excluding hydrogens is 240 g/mol. The number of benzene rings is 2. The van der Waals surface area contributed by atoms with E-state index in [1.165, 1.54) is 5.56 Å². The van der Waals surface area contributed by atoms with Gasteiger partial charge in [0.2, 0.25) is 0 Å². The summed E-state index contributed by atoms with van der Waals surface area (Å²) in [5, 5.41) is 9.87. The van der Waals surface area contributed by atoms with E-state index in [9.17, 15) is 4.79 Å². The number of furan rings is 1. The maximum absolute atomic E-state index is 10.9. The van der Waals surface area contributed by atoms with Crippen LogP contribution < -0.4 is 0 Å². The second kappa shape index (κ2) is 4.61. The number of carboxylic acid groups (broad SMARTS) is 1. The number of carboxylic acids is 1. The molecule has 0 aliphatic rings. The van der Waals surface area contributed by atoms with E-state index in [0.29, 0.717) is 12.0 Å². The van der Waals surface area contributed by atoms with Gasteiger partial charge in [0, 0.05) is 11.8 Å². The van der Waals surface area contributed by atoms with Gasteiger partial charge in [-0.25, -0.2) is 4.79 Å². The lowest BCUT2D eigenvalue weighted by Crippen LogP contribution is -1.94. The van der Waals surface area contributed by atoms with Crippen LogP contribution in [0.4, 0.5) is 0 Å². The minimum absolute atomic E-state index is 0.244. The first-order valence-corrected chi connectivity index (χ1v) is 6.02. The highest BCUT2D eigenvalue weighted by molar-refractivity contribution is 5.92. The monoisotopic (exact) mass is 252 g/mol. The molecule has 0 saturated carbocycles. The number of hydrogen-bond acceptors (Lipinski definition) is 2. The van der Waals surface area contributed by atoms with Gasteiger partial charge in [0.15, 0.2) is 0 Å². The highest BCUT2D eigenvalue weighted by Gasteiger charge is 2.08. The van der Waals surface area contributed by atoms with Crippen LogP contribution in [0.1, 0.15) is 21.7 Å². The third kappa shape index (κ3) is 2.36. The van der Waals surface area contributed by atoms with Gasteiger partial charge in [-0.2, -0.15) is 0 Å². The van der Waals surface area contributed by atoms with Gasteiger partial charge in [-0.1, -0.05) is 36.4 Å². The number of rotatable bonds is 3. The standard InChI is InChI=1S/C16H12O3/c17-16(18)13-7-6-12-9-14(19-15(12)10-13)8-11-4-2-1-3-5-11/h1-7,9-10H,8H2,(H,17,18). The molecular formula is C16H12O3. The molecule has 3 heteroatoms. The van der Waals surface area contributed by atoms with Gasteiger partial charge < -0.3 is 9.52 Å². The summed E-state index contributed by atoms with van der Waals surface area (Å²) in [6.07, 6.45) is 0.706. The van der Waals surface area contributed by atoms with E-state index in [2.05, 4.69) is 0 Å². The Morgan fingerprint density at radius 3 is 2.58 bits per heavy atom. The Balaban J connectivity index is 1.95. The summed E-state index contributed by atoms with van der Waals surface area (Å²) >= 11 is 0. The van der Waals surface area contributed by atoms with E-state index in [0.717, 1.165) is 11.1 Å². The number of aromatic carboxylic acids is 1. The van der Waals surface area contributed by atoms with Crippen LogP contribution in [0.5, 0.6) is 0 Å². The maximum Gasteiger partial charge on any atom is 0.335 e. The molecule has 1 heterocycles. The van der Waals surface area contributed by atoms with Crippen LogP contribution in [0, 0.1) is 0 Å². The molecule has 0 amide bonds. The van der Waals surface area contributed by atoms with E-state index < -0.39 is 5.97 Å². The normalized spacial score (nSPS) is 10.7. The van der Waals surface area contributed by atoms with Crippen LogP contribution in [0.3, 0.4) is 0 Å². The lowest BCUT2D eigenvalue weighted by molar-refractivity contribution is 0.0697. The zero-order chi connectivity index (χ0) is 13.2. The van der Waals surface area contributed by atoms with Crippen molar-refractivity contribution in [3.63, 3.8) is 0 Å². The van der Waals surface area contributed by atoms with Crippen LogP contribution in [-0.2, 0) is 6.42 Å². The van der Waals surface area contributed by atoms with Crippen molar-refractivity contribution in [2.24, 2.45) is 0 Å². The average Bonchev–Trinajstić information content (AvgIpc) is 2.80. The van der Waals surface area contributed by atoms with Crippen LogP contribution in [0.15, 0.2) is 59.0 Å². The summed E-state index contributed by atoms with van der Waals surface area (Å²) in [5.41, 5.74) is 2.03. The molecule has 3 aromatic rings. The summed E-state index contributed by atoms with van der Waals surface area (Å²) in [7, 11) is 0. The third-order valence-electron chi connectivity index (χ3n) is 3.04. The molecule has 94 valence electrons. The molecule has 0 bridgehead atoms. The molecule has 0 fully saturated rings. The smallest absolute Gasteiger partial charge is 0.335 e. The van der Waals surface area contributed by atoms with Crippen molar-refractivity contribution in [3.05, 3.63) is 71.5 Å². The van der Waals surface area contributed by atoms with Crippen molar-refractivity contribution in [1.29, 1.82) is 0 Å². The van der Waals surface area contributed by atoms with Gasteiger partial charge in [-0.15, -0.1) is 0 Å². The fraction of sp³-hybridized carbons (Fsp3) is 0.0625. The first-order valence-electron chi connectivity index (χ1n) is 6.02. The Hall–Kier alpha value is -2.55. The van der Waals surface area contributed by atoms with E-state index in [1.807, 2.05) is 36.4 Å². The zero-order valence-corrected chi connectivity index (χ0v) is 10.2. The van der Waals surface area contributed by atoms with Crippen LogP contribution in [-0.4, -0.2) is 11.1 Å². The largest absolute Gasteiger partial charge is 0.478 e. The second-order valence-corrected chi connectivity index (χ2v) is 4.43. The van der Waals surface area contributed by atoms with Crippen molar-refractivity contribution in [3.8, 4) is 0 Å². The van der Waals surface area contributed by atoms with Gasteiger partial charge in [0.05, 0.1) is 5.56 Å². The van der Waals surface area contributed by atoms with Gasteiger partial charge in [0.25, 0.3) is 0 Å². The molecule has 19 heavy (non-hydrogen) atoms. The molecule has 0 radical (unpaired) electrons. The van der Waals surface area contributed by atoms with E-state index in [4.69, 9.17) is 9.52 Å². The fourth-order valence-corrected chi connectivity index (χ4v) is 2.10. The first-order chi connectivity index (χ1) is 9.22. The van der Waals surface area contributed by atoms with Crippen LogP contribution in [0.25, 0.3) is 11.0 Å². The van der Waals surface area contributed by atoms with Crippen LogP contribution >= 0.6 is 0 Å². The molecule has 3 rings (SSSR count). The minimum atomic E-state index is -0.942. The number of fused-ring (bicyclic) bond motifs is 1. The predicted molar refractivity (Wildman–Crippen MR) is 72.4 cm³/mol. The maximum atomic E-state index is 10.9. The SMILES string of the molecule is O=C(O)c1ccc2cc(Cc3ccccc3)oc2c1. The van der Waals surface area contributed by atoms with Gasteiger partial charge in [-0.3, -0.25) is 0 Å². The Labute approximate surface area is 110 Å². The average molecular weight is 252 g/mol. The molecule has 2 aromatic carbocycles. The van der Waals surface area contributed by atoms with Crippen molar-refractivity contribution in [2.75, 3.05) is 0 Å². The molecule has 1 N–H and O–H groups in total. The summed E-state index contributed by atoms with van der Waals surface area (Å²) in [6, 6.07) is 16.9. The number of carbonyl (C=O) groups is 1. The Bertz CT molecular complexity index is 726. The van der Waals surface area contributed by atoms with E-state index in [-0.39, 0.29) is 5.56 Å². The second-order valence-electron chi connectivity index (χ2n) is 4.43. The van der Waals surface area contributed by atoms with Crippen molar-refractivity contribution in [1.82, 2.24) is 0 Å². The lowest BCUT2D eigenvalue weighted by atomic mass is 10.1. The predicted octanol–water partition coefficient (Wildman–Crippen LogP) is 3.72. The zero-order valence-electron chi connectivity index (χ0n) is 10.2.